The molecular weight excluding hydrogens is 202 g/mol. The Morgan fingerprint density at radius 2 is 2.00 bits per heavy atom. The summed E-state index contributed by atoms with van der Waals surface area (Å²) in [6.45, 7) is 2.38. The molecule has 0 saturated carbocycles. The Morgan fingerprint density at radius 1 is 1.31 bits per heavy atom. The minimum atomic E-state index is -0.556. The van der Waals surface area contributed by atoms with Crippen molar-refractivity contribution in [3.8, 4) is 0 Å². The first kappa shape index (κ1) is 10.7. The van der Waals surface area contributed by atoms with Crippen LogP contribution in [0.4, 0.5) is 5.69 Å². The summed E-state index contributed by atoms with van der Waals surface area (Å²) in [6, 6.07) is 9.14. The van der Waals surface area contributed by atoms with Crippen LogP contribution >= 0.6 is 0 Å². The van der Waals surface area contributed by atoms with Gasteiger partial charge in [-0.15, -0.1) is 0 Å². The Labute approximate surface area is 94.3 Å². The van der Waals surface area contributed by atoms with Crippen molar-refractivity contribution in [1.29, 1.82) is 0 Å². The summed E-state index contributed by atoms with van der Waals surface area (Å²) in [7, 11) is 0. The van der Waals surface area contributed by atoms with E-state index in [0.717, 1.165) is 11.3 Å². The Hall–Kier alpha value is -1.81. The molecule has 4 heteroatoms. The predicted octanol–water partition coefficient (Wildman–Crippen LogP) is 1.51. The average Bonchev–Trinajstić information content (AvgIpc) is 2.65. The number of nitrogens with zero attached hydrogens (tertiary/aromatic N) is 2. The van der Waals surface area contributed by atoms with Gasteiger partial charge in [0.1, 0.15) is 0 Å². The number of aliphatic hydroxyl groups excluding tert-OH is 1. The normalized spacial score (nSPS) is 12.6. The van der Waals surface area contributed by atoms with Gasteiger partial charge in [0.25, 0.3) is 0 Å². The van der Waals surface area contributed by atoms with Crippen molar-refractivity contribution in [3.63, 3.8) is 0 Å². The second kappa shape index (κ2) is 4.37. The highest BCUT2D eigenvalue weighted by Gasteiger charge is 2.08. The molecule has 1 heterocycles. The number of aromatic nitrogens is 2. The third kappa shape index (κ3) is 2.41. The van der Waals surface area contributed by atoms with E-state index in [-0.39, 0.29) is 0 Å². The van der Waals surface area contributed by atoms with Crippen LogP contribution in [0.3, 0.4) is 0 Å². The summed E-state index contributed by atoms with van der Waals surface area (Å²) in [5, 5.41) is 14.2. The van der Waals surface area contributed by atoms with E-state index in [9.17, 15) is 5.11 Å². The van der Waals surface area contributed by atoms with Crippen LogP contribution in [0.2, 0.25) is 0 Å². The summed E-state index contributed by atoms with van der Waals surface area (Å²) in [5.74, 6) is 0. The fraction of sp³-hybridized carbons (Fsp3) is 0.250. The Morgan fingerprint density at radius 3 is 2.56 bits per heavy atom. The van der Waals surface area contributed by atoms with E-state index in [0.29, 0.717) is 12.2 Å². The van der Waals surface area contributed by atoms with E-state index in [4.69, 9.17) is 5.73 Å². The molecule has 0 radical (unpaired) electrons. The summed E-state index contributed by atoms with van der Waals surface area (Å²) >= 11 is 0. The molecule has 0 amide bonds. The first-order valence-corrected chi connectivity index (χ1v) is 5.19. The monoisotopic (exact) mass is 217 g/mol. The molecule has 0 saturated heterocycles. The third-order valence-electron chi connectivity index (χ3n) is 2.46. The molecule has 2 aromatic rings. The lowest BCUT2D eigenvalue weighted by Crippen LogP contribution is -2.09. The molecule has 2 rings (SSSR count). The standard InChI is InChI=1S/C12H15N3O/c1-9-6-7-15(14-9)8-12(16)10-2-4-11(13)5-3-10/h2-7,12,16H,8,13H2,1H3. The van der Waals surface area contributed by atoms with E-state index in [2.05, 4.69) is 5.10 Å². The maximum absolute atomic E-state index is 9.97. The van der Waals surface area contributed by atoms with Crippen LogP contribution in [0.5, 0.6) is 0 Å². The molecule has 0 aliphatic carbocycles. The van der Waals surface area contributed by atoms with Crippen molar-refractivity contribution in [3.05, 3.63) is 47.8 Å². The van der Waals surface area contributed by atoms with Gasteiger partial charge in [0.15, 0.2) is 0 Å². The second-order valence-electron chi connectivity index (χ2n) is 3.86. The van der Waals surface area contributed by atoms with E-state index >= 15 is 0 Å². The number of hydrogen-bond acceptors (Lipinski definition) is 3. The lowest BCUT2D eigenvalue weighted by Gasteiger charge is -2.11. The van der Waals surface area contributed by atoms with Crippen molar-refractivity contribution in [2.24, 2.45) is 0 Å². The van der Waals surface area contributed by atoms with Crippen LogP contribution in [0.25, 0.3) is 0 Å². The van der Waals surface area contributed by atoms with Crippen LogP contribution in [-0.2, 0) is 6.54 Å². The Balaban J connectivity index is 2.08. The molecule has 0 aliphatic heterocycles. The number of aliphatic hydroxyl groups is 1. The molecule has 0 bridgehead atoms. The number of nitrogens with two attached hydrogens (primary N) is 1. The molecule has 3 N–H and O–H groups in total. The Bertz CT molecular complexity index is 461. The maximum atomic E-state index is 9.97. The highest BCUT2D eigenvalue weighted by molar-refractivity contribution is 5.39. The number of aryl methyl sites for hydroxylation is 1. The van der Waals surface area contributed by atoms with Crippen LogP contribution < -0.4 is 5.73 Å². The number of rotatable bonds is 3. The third-order valence-corrected chi connectivity index (χ3v) is 2.46. The van der Waals surface area contributed by atoms with Gasteiger partial charge in [0, 0.05) is 11.9 Å². The average molecular weight is 217 g/mol. The van der Waals surface area contributed by atoms with Crippen molar-refractivity contribution in [1.82, 2.24) is 9.78 Å². The fourth-order valence-electron chi connectivity index (χ4n) is 1.57. The molecule has 16 heavy (non-hydrogen) atoms. The number of anilines is 1. The summed E-state index contributed by atoms with van der Waals surface area (Å²) in [5.41, 5.74) is 8.08. The van der Waals surface area contributed by atoms with E-state index in [1.165, 1.54) is 0 Å². The van der Waals surface area contributed by atoms with Gasteiger partial charge < -0.3 is 10.8 Å². The van der Waals surface area contributed by atoms with Gasteiger partial charge in [0.2, 0.25) is 0 Å². The van der Waals surface area contributed by atoms with Gasteiger partial charge in [-0.25, -0.2) is 0 Å². The second-order valence-corrected chi connectivity index (χ2v) is 3.86. The fourth-order valence-corrected chi connectivity index (χ4v) is 1.57. The minimum absolute atomic E-state index is 0.456. The smallest absolute Gasteiger partial charge is 0.0985 e. The maximum Gasteiger partial charge on any atom is 0.0985 e. The molecule has 0 spiro atoms. The molecule has 1 unspecified atom stereocenters. The number of nitrogen functional groups attached to an aromatic ring is 1. The highest BCUT2D eigenvalue weighted by Crippen LogP contribution is 2.16. The van der Waals surface area contributed by atoms with Gasteiger partial charge in [-0.1, -0.05) is 12.1 Å². The van der Waals surface area contributed by atoms with Crippen LogP contribution in [-0.4, -0.2) is 14.9 Å². The van der Waals surface area contributed by atoms with Gasteiger partial charge in [-0.2, -0.15) is 5.10 Å². The molecule has 4 nitrogen and oxygen atoms in total. The topological polar surface area (TPSA) is 64.1 Å². The van der Waals surface area contributed by atoms with Gasteiger partial charge in [-0.3, -0.25) is 4.68 Å². The molecule has 1 aromatic heterocycles. The minimum Gasteiger partial charge on any atom is -0.399 e. The van der Waals surface area contributed by atoms with Crippen molar-refractivity contribution in [2.45, 2.75) is 19.6 Å². The van der Waals surface area contributed by atoms with Gasteiger partial charge in [-0.05, 0) is 30.7 Å². The zero-order valence-electron chi connectivity index (χ0n) is 9.17. The van der Waals surface area contributed by atoms with E-state index < -0.39 is 6.10 Å². The highest BCUT2D eigenvalue weighted by atomic mass is 16.3. The van der Waals surface area contributed by atoms with Crippen LogP contribution in [0, 0.1) is 6.92 Å². The van der Waals surface area contributed by atoms with Gasteiger partial charge >= 0.3 is 0 Å². The molecule has 0 aliphatic rings. The molecule has 1 atom stereocenters. The molecule has 84 valence electrons. The van der Waals surface area contributed by atoms with Crippen LogP contribution in [0.1, 0.15) is 17.4 Å². The Kier molecular flexibility index (Phi) is 2.92. The van der Waals surface area contributed by atoms with Crippen molar-refractivity contribution in [2.75, 3.05) is 5.73 Å². The quantitative estimate of drug-likeness (QED) is 0.766. The molecule has 0 fully saturated rings. The molecule has 1 aromatic carbocycles. The lowest BCUT2D eigenvalue weighted by atomic mass is 10.1. The largest absolute Gasteiger partial charge is 0.399 e. The van der Waals surface area contributed by atoms with Gasteiger partial charge in [0.05, 0.1) is 18.3 Å². The van der Waals surface area contributed by atoms with Crippen molar-refractivity contribution < 1.29 is 5.11 Å². The van der Waals surface area contributed by atoms with E-state index in [1.807, 2.05) is 31.3 Å². The number of benzene rings is 1. The molecular formula is C12H15N3O. The SMILES string of the molecule is Cc1ccn(CC(O)c2ccc(N)cc2)n1. The number of hydrogen-bond donors (Lipinski definition) is 2. The summed E-state index contributed by atoms with van der Waals surface area (Å²) in [6.07, 6.45) is 1.30. The summed E-state index contributed by atoms with van der Waals surface area (Å²) < 4.78 is 1.73. The van der Waals surface area contributed by atoms with Crippen molar-refractivity contribution >= 4 is 5.69 Å². The van der Waals surface area contributed by atoms with Crippen LogP contribution in [0.15, 0.2) is 36.5 Å². The zero-order chi connectivity index (χ0) is 11.5. The van der Waals surface area contributed by atoms with E-state index in [1.54, 1.807) is 16.8 Å². The zero-order valence-corrected chi connectivity index (χ0v) is 9.17. The first-order chi connectivity index (χ1) is 7.65. The predicted molar refractivity (Wildman–Crippen MR) is 62.8 cm³/mol. The summed E-state index contributed by atoms with van der Waals surface area (Å²) in [4.78, 5) is 0. The first-order valence-electron chi connectivity index (χ1n) is 5.19. The lowest BCUT2D eigenvalue weighted by molar-refractivity contribution is 0.151.